The third-order valence-corrected chi connectivity index (χ3v) is 7.17. The van der Waals surface area contributed by atoms with E-state index < -0.39 is 24.5 Å². The molecule has 5 rings (SSSR count). The lowest BCUT2D eigenvalue weighted by Gasteiger charge is -2.17. The number of hydrogen-bond acceptors (Lipinski definition) is 10. The number of hydrogen-bond donors (Lipinski definition) is 4. The molecule has 3 aliphatic rings. The molecule has 12 heteroatoms. The number of rotatable bonds is 6. The number of amides is 1. The van der Waals surface area contributed by atoms with Crippen molar-refractivity contribution in [2.75, 3.05) is 24.3 Å². The van der Waals surface area contributed by atoms with Crippen LogP contribution in [0.15, 0.2) is 12.7 Å². The molecule has 5 unspecified atom stereocenters. The zero-order valence-electron chi connectivity index (χ0n) is 17.6. The van der Waals surface area contributed by atoms with E-state index in [9.17, 15) is 15.0 Å². The molecule has 1 aliphatic carbocycles. The summed E-state index contributed by atoms with van der Waals surface area (Å²) < 4.78 is 13.0. The topological polar surface area (TPSA) is 144 Å². The van der Waals surface area contributed by atoms with Gasteiger partial charge in [0.15, 0.2) is 23.2 Å². The molecule has 0 spiro atoms. The molecule has 2 aromatic heterocycles. The normalized spacial score (nSPS) is 30.9. The van der Waals surface area contributed by atoms with E-state index in [0.29, 0.717) is 30.2 Å². The monoisotopic (exact) mass is 464 g/mol. The van der Waals surface area contributed by atoms with Crippen LogP contribution in [0, 0.1) is 0 Å². The molecule has 1 saturated carbocycles. The van der Waals surface area contributed by atoms with Gasteiger partial charge in [0.1, 0.15) is 18.5 Å². The number of nitrogens with one attached hydrogen (secondary N) is 2. The van der Waals surface area contributed by atoms with E-state index in [1.54, 1.807) is 4.57 Å². The highest BCUT2D eigenvalue weighted by atomic mass is 32.2. The van der Waals surface area contributed by atoms with E-state index in [-0.39, 0.29) is 23.1 Å². The van der Waals surface area contributed by atoms with Crippen molar-refractivity contribution in [1.82, 2.24) is 24.8 Å². The maximum atomic E-state index is 12.2. The Bertz CT molecular complexity index is 948. The van der Waals surface area contributed by atoms with Crippen LogP contribution in [0.3, 0.4) is 0 Å². The van der Waals surface area contributed by atoms with Crippen molar-refractivity contribution < 1.29 is 24.5 Å². The number of thioether (sulfide) groups is 1. The molecule has 0 radical (unpaired) electrons. The number of anilines is 1. The van der Waals surface area contributed by atoms with Crippen molar-refractivity contribution in [2.24, 2.45) is 0 Å². The SMILES string of the molecule is O=C(NC1CCCC1)SCC1OC(n2cnc3c(NC4CCOC4)ncnc32)C(O)C1O. The standard InChI is InChI=1S/C20H28N6O5S/c27-15-13(8-32-20(29)25-11-3-1-2-4-11)31-19(16(15)28)26-10-23-14-17(21-9-22-18(14)26)24-12-5-6-30-7-12/h9-13,15-16,19,27-28H,1-8H2,(H,25,29)(H,21,22,24). The van der Waals surface area contributed by atoms with Crippen LogP contribution in [0.5, 0.6) is 0 Å². The van der Waals surface area contributed by atoms with Gasteiger partial charge in [0, 0.05) is 18.4 Å². The van der Waals surface area contributed by atoms with E-state index in [1.165, 1.54) is 12.7 Å². The molecule has 1 amide bonds. The highest BCUT2D eigenvalue weighted by Gasteiger charge is 2.44. The molecule has 4 N–H and O–H groups in total. The molecule has 32 heavy (non-hydrogen) atoms. The minimum Gasteiger partial charge on any atom is -0.387 e. The summed E-state index contributed by atoms with van der Waals surface area (Å²) in [6, 6.07) is 0.392. The van der Waals surface area contributed by atoms with Crippen LogP contribution < -0.4 is 10.6 Å². The van der Waals surface area contributed by atoms with Crippen LogP contribution in [-0.2, 0) is 9.47 Å². The van der Waals surface area contributed by atoms with Gasteiger partial charge in [-0.3, -0.25) is 9.36 Å². The Kier molecular flexibility index (Phi) is 6.47. The highest BCUT2D eigenvalue weighted by Crippen LogP contribution is 2.34. The molecule has 0 bridgehead atoms. The third kappa shape index (κ3) is 4.42. The zero-order chi connectivity index (χ0) is 22.1. The number of carbonyl (C=O) groups excluding carboxylic acids is 1. The summed E-state index contributed by atoms with van der Waals surface area (Å²) in [5.41, 5.74) is 1.04. The minimum absolute atomic E-state index is 0.127. The second kappa shape index (κ2) is 9.48. The summed E-state index contributed by atoms with van der Waals surface area (Å²) >= 11 is 1.07. The van der Waals surface area contributed by atoms with E-state index >= 15 is 0 Å². The number of fused-ring (bicyclic) bond motifs is 1. The summed E-state index contributed by atoms with van der Waals surface area (Å²) in [7, 11) is 0. The van der Waals surface area contributed by atoms with Gasteiger partial charge in [-0.05, 0) is 19.3 Å². The molecule has 0 aromatic carbocycles. The number of nitrogens with zero attached hydrogens (tertiary/aromatic N) is 4. The number of aliphatic hydroxyl groups excluding tert-OH is 2. The lowest BCUT2D eigenvalue weighted by molar-refractivity contribution is -0.0288. The summed E-state index contributed by atoms with van der Waals surface area (Å²) in [5, 5.41) is 27.4. The highest BCUT2D eigenvalue weighted by molar-refractivity contribution is 8.13. The van der Waals surface area contributed by atoms with Gasteiger partial charge >= 0.3 is 0 Å². The quantitative estimate of drug-likeness (QED) is 0.489. The Hall–Kier alpha value is -1.99. The van der Waals surface area contributed by atoms with Gasteiger partial charge in [-0.25, -0.2) is 15.0 Å². The molecule has 4 heterocycles. The van der Waals surface area contributed by atoms with Crippen molar-refractivity contribution in [3.05, 3.63) is 12.7 Å². The van der Waals surface area contributed by atoms with E-state index in [2.05, 4.69) is 25.6 Å². The molecular formula is C20H28N6O5S. The van der Waals surface area contributed by atoms with Crippen LogP contribution in [0.1, 0.15) is 38.3 Å². The van der Waals surface area contributed by atoms with Crippen LogP contribution in [-0.4, -0.2) is 84.3 Å². The largest absolute Gasteiger partial charge is 0.387 e. The predicted octanol–water partition coefficient (Wildman–Crippen LogP) is 1.03. The smallest absolute Gasteiger partial charge is 0.279 e. The van der Waals surface area contributed by atoms with Crippen LogP contribution >= 0.6 is 11.8 Å². The molecule has 174 valence electrons. The first-order chi connectivity index (χ1) is 15.6. The van der Waals surface area contributed by atoms with Gasteiger partial charge in [-0.15, -0.1) is 0 Å². The van der Waals surface area contributed by atoms with Gasteiger partial charge in [-0.2, -0.15) is 0 Å². The second-order valence-electron chi connectivity index (χ2n) is 8.52. The van der Waals surface area contributed by atoms with Gasteiger partial charge in [-0.1, -0.05) is 24.6 Å². The maximum Gasteiger partial charge on any atom is 0.279 e. The van der Waals surface area contributed by atoms with E-state index in [0.717, 1.165) is 43.9 Å². The first kappa shape index (κ1) is 21.8. The Morgan fingerprint density at radius 3 is 2.78 bits per heavy atom. The average Bonchev–Trinajstić information content (AvgIpc) is 3.58. The Labute approximate surface area is 189 Å². The fraction of sp³-hybridized carbons (Fsp3) is 0.700. The maximum absolute atomic E-state index is 12.2. The molecule has 2 saturated heterocycles. The molecule has 5 atom stereocenters. The van der Waals surface area contributed by atoms with Gasteiger partial charge in [0.05, 0.1) is 25.1 Å². The van der Waals surface area contributed by atoms with Crippen molar-refractivity contribution >= 4 is 34.0 Å². The first-order valence-electron chi connectivity index (χ1n) is 11.1. The Morgan fingerprint density at radius 1 is 1.16 bits per heavy atom. The molecule has 2 aliphatic heterocycles. The second-order valence-corrected chi connectivity index (χ2v) is 9.51. The fourth-order valence-electron chi connectivity index (χ4n) is 4.52. The number of imidazole rings is 1. The summed E-state index contributed by atoms with van der Waals surface area (Å²) in [6.07, 6.45) is 4.28. The number of aliphatic hydroxyl groups is 2. The van der Waals surface area contributed by atoms with Crippen LogP contribution in [0.4, 0.5) is 10.6 Å². The predicted molar refractivity (Wildman–Crippen MR) is 117 cm³/mol. The number of ether oxygens (including phenoxy) is 2. The van der Waals surface area contributed by atoms with E-state index in [1.807, 2.05) is 0 Å². The lowest BCUT2D eigenvalue weighted by Crippen LogP contribution is -2.34. The summed E-state index contributed by atoms with van der Waals surface area (Å²) in [5.74, 6) is 0.830. The number of carbonyl (C=O) groups is 1. The Balaban J connectivity index is 1.25. The van der Waals surface area contributed by atoms with Crippen molar-refractivity contribution in [3.63, 3.8) is 0 Å². The molecular weight excluding hydrogens is 436 g/mol. The van der Waals surface area contributed by atoms with Crippen LogP contribution in [0.25, 0.3) is 11.2 Å². The number of aromatic nitrogens is 4. The van der Waals surface area contributed by atoms with Gasteiger partial charge < -0.3 is 30.3 Å². The summed E-state index contributed by atoms with van der Waals surface area (Å²) in [6.45, 7) is 1.31. The molecule has 3 fully saturated rings. The fourth-order valence-corrected chi connectivity index (χ4v) is 5.36. The minimum atomic E-state index is -1.18. The summed E-state index contributed by atoms with van der Waals surface area (Å²) in [4.78, 5) is 25.2. The Morgan fingerprint density at radius 2 is 2.00 bits per heavy atom. The van der Waals surface area contributed by atoms with Gasteiger partial charge in [0.25, 0.3) is 5.24 Å². The van der Waals surface area contributed by atoms with E-state index in [4.69, 9.17) is 9.47 Å². The van der Waals surface area contributed by atoms with Gasteiger partial charge in [0.2, 0.25) is 0 Å². The third-order valence-electron chi connectivity index (χ3n) is 6.30. The molecule has 2 aromatic rings. The molecule has 11 nitrogen and oxygen atoms in total. The van der Waals surface area contributed by atoms with Crippen molar-refractivity contribution in [2.45, 2.75) is 68.7 Å². The average molecular weight is 465 g/mol. The van der Waals surface area contributed by atoms with Crippen molar-refractivity contribution in [1.29, 1.82) is 0 Å². The zero-order valence-corrected chi connectivity index (χ0v) is 18.4. The lowest BCUT2D eigenvalue weighted by atomic mass is 10.1. The van der Waals surface area contributed by atoms with Crippen molar-refractivity contribution in [3.8, 4) is 0 Å². The first-order valence-corrected chi connectivity index (χ1v) is 12.1. The van der Waals surface area contributed by atoms with Crippen LogP contribution in [0.2, 0.25) is 0 Å².